The maximum atomic E-state index is 12.1. The first-order chi connectivity index (χ1) is 16.1. The van der Waals surface area contributed by atoms with E-state index < -0.39 is 24.5 Å². The minimum absolute atomic E-state index is 0.118. The number of carbonyl (C=O) groups excluding carboxylic acids is 4. The molecule has 2 aliphatic carbocycles. The zero-order chi connectivity index (χ0) is 26.6. The van der Waals surface area contributed by atoms with E-state index in [-0.39, 0.29) is 22.4 Å². The number of allylic oxidation sites excluding steroid dienone is 6. The number of ether oxygens (including phenoxy) is 3. The first kappa shape index (κ1) is 28.3. The number of hydrogen-bond donors (Lipinski definition) is 0. The van der Waals surface area contributed by atoms with Gasteiger partial charge in [0, 0.05) is 12.8 Å². The maximum Gasteiger partial charge on any atom is 0.519 e. The van der Waals surface area contributed by atoms with Crippen molar-refractivity contribution in [3.63, 3.8) is 0 Å². The van der Waals surface area contributed by atoms with Crippen LogP contribution in [-0.2, 0) is 23.8 Å². The molecule has 0 fully saturated rings. The highest BCUT2D eigenvalue weighted by Gasteiger charge is 2.32. The first-order valence-electron chi connectivity index (χ1n) is 12.1. The summed E-state index contributed by atoms with van der Waals surface area (Å²) < 4.78 is 14.8. The molecule has 192 valence electrons. The third-order valence-electron chi connectivity index (χ3n) is 6.86. The number of carbonyl (C=O) groups is 4. The van der Waals surface area contributed by atoms with Crippen molar-refractivity contribution in [1.82, 2.24) is 0 Å². The highest BCUT2D eigenvalue weighted by atomic mass is 16.8. The summed E-state index contributed by atoms with van der Waals surface area (Å²) in [5, 5.41) is 0. The van der Waals surface area contributed by atoms with Gasteiger partial charge < -0.3 is 14.2 Å². The van der Waals surface area contributed by atoms with Crippen LogP contribution in [0.1, 0.15) is 81.1 Å². The van der Waals surface area contributed by atoms with Crippen molar-refractivity contribution in [1.29, 1.82) is 0 Å². The summed E-state index contributed by atoms with van der Waals surface area (Å²) in [6.07, 6.45) is 5.75. The first-order valence-corrected chi connectivity index (χ1v) is 12.1. The molecule has 2 aliphatic rings. The Balaban J connectivity index is 1.90. The van der Waals surface area contributed by atoms with Crippen LogP contribution in [0.2, 0.25) is 0 Å². The number of rotatable bonds is 6. The predicted octanol–water partition coefficient (Wildman–Crippen LogP) is 6.58. The van der Waals surface area contributed by atoms with E-state index in [9.17, 15) is 19.2 Å². The van der Waals surface area contributed by atoms with Gasteiger partial charge in [-0.25, -0.2) is 9.59 Å². The van der Waals surface area contributed by atoms with Gasteiger partial charge in [-0.05, 0) is 85.8 Å². The number of Topliss-reactive ketones (excluding diaryl/α,β-unsaturated/α-hetero) is 2. The molecule has 0 radical (unpaired) electrons. The summed E-state index contributed by atoms with van der Waals surface area (Å²) in [5.74, 6) is 0.237. The zero-order valence-corrected chi connectivity index (χ0v) is 22.2. The summed E-state index contributed by atoms with van der Waals surface area (Å²) in [6, 6.07) is 0. The van der Waals surface area contributed by atoms with Crippen LogP contribution >= 0.6 is 0 Å². The van der Waals surface area contributed by atoms with E-state index in [0.29, 0.717) is 24.0 Å². The van der Waals surface area contributed by atoms with Crippen molar-refractivity contribution >= 4 is 23.9 Å². The molecular formula is C28H38O7. The van der Waals surface area contributed by atoms with E-state index in [2.05, 4.69) is 32.4 Å². The van der Waals surface area contributed by atoms with Gasteiger partial charge in [0.25, 0.3) is 0 Å². The molecule has 0 aromatic heterocycles. The summed E-state index contributed by atoms with van der Waals surface area (Å²) in [4.78, 5) is 48.1. The molecular weight excluding hydrogens is 448 g/mol. The summed E-state index contributed by atoms with van der Waals surface area (Å²) in [6.45, 7) is 15.1. The standard InChI is InChI=1S/C28H38O7/c1-17(9-11-21-19(3)23(29)13-15-27(21,5)6)33-25(31)35-26(32)34-18(2)10-12-22-20(4)24(30)14-16-28(22,7)8/h9-12,17-18H,13-16H2,1-8H3/b11-9+,12-10+. The Labute approximate surface area is 208 Å². The van der Waals surface area contributed by atoms with Gasteiger partial charge in [0.1, 0.15) is 12.2 Å². The summed E-state index contributed by atoms with van der Waals surface area (Å²) in [5.41, 5.74) is 2.93. The molecule has 35 heavy (non-hydrogen) atoms. The minimum atomic E-state index is -1.18. The zero-order valence-electron chi connectivity index (χ0n) is 22.2. The topological polar surface area (TPSA) is 96.0 Å². The Kier molecular flexibility index (Phi) is 9.04. The second-order valence-electron chi connectivity index (χ2n) is 10.7. The highest BCUT2D eigenvalue weighted by Crippen LogP contribution is 2.40. The van der Waals surface area contributed by atoms with E-state index in [1.165, 1.54) is 0 Å². The van der Waals surface area contributed by atoms with Gasteiger partial charge in [-0.1, -0.05) is 39.8 Å². The molecule has 0 amide bonds. The highest BCUT2D eigenvalue weighted by molar-refractivity contribution is 5.97. The van der Waals surface area contributed by atoms with Crippen LogP contribution in [0.15, 0.2) is 46.6 Å². The van der Waals surface area contributed by atoms with E-state index in [1.807, 2.05) is 0 Å². The monoisotopic (exact) mass is 486 g/mol. The molecule has 0 aromatic rings. The molecule has 0 bridgehead atoms. The Morgan fingerprint density at radius 1 is 0.743 bits per heavy atom. The maximum absolute atomic E-state index is 12.1. The van der Waals surface area contributed by atoms with Gasteiger partial charge in [0.05, 0.1) is 0 Å². The molecule has 0 aromatic carbocycles. The summed E-state index contributed by atoms with van der Waals surface area (Å²) in [7, 11) is 0. The largest absolute Gasteiger partial charge is 0.519 e. The van der Waals surface area contributed by atoms with Crippen molar-refractivity contribution in [2.24, 2.45) is 10.8 Å². The van der Waals surface area contributed by atoms with Crippen molar-refractivity contribution in [3.8, 4) is 0 Å². The van der Waals surface area contributed by atoms with Crippen molar-refractivity contribution in [3.05, 3.63) is 46.6 Å². The molecule has 0 saturated heterocycles. The van der Waals surface area contributed by atoms with E-state index in [0.717, 1.165) is 24.0 Å². The van der Waals surface area contributed by atoms with Crippen LogP contribution in [0.4, 0.5) is 9.59 Å². The molecule has 7 nitrogen and oxygen atoms in total. The number of ketones is 2. The third-order valence-corrected chi connectivity index (χ3v) is 6.86. The normalized spacial score (nSPS) is 21.9. The SMILES string of the molecule is CC1=C(/C=C/C(C)OC(=O)OC(=O)OC(C)/C=C/C2=C(C)C(=O)CCC2(C)C)C(C)(C)CCC1=O. The van der Waals surface area contributed by atoms with Crippen LogP contribution in [0, 0.1) is 10.8 Å². The molecule has 0 heterocycles. The van der Waals surface area contributed by atoms with E-state index >= 15 is 0 Å². The van der Waals surface area contributed by atoms with Crippen LogP contribution in [-0.4, -0.2) is 36.1 Å². The van der Waals surface area contributed by atoms with Crippen LogP contribution in [0.25, 0.3) is 0 Å². The molecule has 0 spiro atoms. The smallest absolute Gasteiger partial charge is 0.427 e. The van der Waals surface area contributed by atoms with Crippen molar-refractivity contribution in [2.45, 2.75) is 93.3 Å². The fourth-order valence-corrected chi connectivity index (χ4v) is 4.47. The second kappa shape index (κ2) is 11.2. The van der Waals surface area contributed by atoms with Crippen LogP contribution in [0.5, 0.6) is 0 Å². The molecule has 0 saturated carbocycles. The lowest BCUT2D eigenvalue weighted by Crippen LogP contribution is -2.25. The Morgan fingerprint density at radius 3 is 1.43 bits per heavy atom. The molecule has 2 unspecified atom stereocenters. The van der Waals surface area contributed by atoms with Crippen LogP contribution < -0.4 is 0 Å². The van der Waals surface area contributed by atoms with E-state index in [4.69, 9.17) is 9.47 Å². The lowest BCUT2D eigenvalue weighted by atomic mass is 9.72. The fraction of sp³-hybridized carbons (Fsp3) is 0.571. The molecule has 2 rings (SSSR count). The number of hydrogen-bond acceptors (Lipinski definition) is 7. The predicted molar refractivity (Wildman–Crippen MR) is 133 cm³/mol. The molecule has 0 N–H and O–H groups in total. The third kappa shape index (κ3) is 7.51. The quantitative estimate of drug-likeness (QED) is 0.309. The molecule has 0 aliphatic heterocycles. The average molecular weight is 487 g/mol. The molecule has 2 atom stereocenters. The van der Waals surface area contributed by atoms with Crippen molar-refractivity contribution in [2.75, 3.05) is 0 Å². The lowest BCUT2D eigenvalue weighted by Gasteiger charge is -2.32. The van der Waals surface area contributed by atoms with Gasteiger partial charge in [-0.15, -0.1) is 0 Å². The Bertz CT molecular complexity index is 924. The fourth-order valence-electron chi connectivity index (χ4n) is 4.47. The molecule has 7 heteroatoms. The van der Waals surface area contributed by atoms with Crippen molar-refractivity contribution < 1.29 is 33.4 Å². The van der Waals surface area contributed by atoms with Gasteiger partial charge in [0.2, 0.25) is 0 Å². The second-order valence-corrected chi connectivity index (χ2v) is 10.7. The Hall–Kier alpha value is -2.96. The van der Waals surface area contributed by atoms with Gasteiger partial charge in [-0.2, -0.15) is 0 Å². The van der Waals surface area contributed by atoms with Gasteiger partial charge in [-0.3, -0.25) is 9.59 Å². The van der Waals surface area contributed by atoms with E-state index in [1.54, 1.807) is 52.0 Å². The van der Waals surface area contributed by atoms with Crippen LogP contribution in [0.3, 0.4) is 0 Å². The van der Waals surface area contributed by atoms with Gasteiger partial charge in [0.15, 0.2) is 11.6 Å². The minimum Gasteiger partial charge on any atom is -0.427 e. The van der Waals surface area contributed by atoms with Gasteiger partial charge >= 0.3 is 12.3 Å². The average Bonchev–Trinajstić information content (AvgIpc) is 2.73. The summed E-state index contributed by atoms with van der Waals surface area (Å²) >= 11 is 0. The Morgan fingerprint density at radius 2 is 1.09 bits per heavy atom. The lowest BCUT2D eigenvalue weighted by molar-refractivity contribution is -0.117.